The Morgan fingerprint density at radius 2 is 1.79 bits per heavy atom. The van der Waals surface area contributed by atoms with Gasteiger partial charge in [-0.05, 0) is 30.3 Å². The van der Waals surface area contributed by atoms with Gasteiger partial charge in [-0.15, -0.1) is 0 Å². The fourth-order valence-electron chi connectivity index (χ4n) is 6.26. The Morgan fingerprint density at radius 3 is 2.59 bits per heavy atom. The van der Waals surface area contributed by atoms with Crippen molar-refractivity contribution in [3.63, 3.8) is 0 Å². The Morgan fingerprint density at radius 1 is 1.03 bits per heavy atom. The van der Waals surface area contributed by atoms with E-state index >= 15 is 0 Å². The Labute approximate surface area is 172 Å². The molecule has 1 unspecified atom stereocenters. The molecule has 0 aromatic heterocycles. The highest BCUT2D eigenvalue weighted by atomic mass is 35.5. The van der Waals surface area contributed by atoms with E-state index in [1.165, 1.54) is 4.90 Å². The van der Waals surface area contributed by atoms with Gasteiger partial charge in [-0.25, -0.2) is 4.90 Å². The van der Waals surface area contributed by atoms with Crippen LogP contribution in [0.5, 0.6) is 0 Å². The summed E-state index contributed by atoms with van der Waals surface area (Å²) in [5.41, 5.74) is 1.08. The summed E-state index contributed by atoms with van der Waals surface area (Å²) < 4.78 is 0. The Balaban J connectivity index is 1.55. The first-order valence-electron chi connectivity index (χ1n) is 9.95. The van der Waals surface area contributed by atoms with E-state index in [2.05, 4.69) is 5.32 Å². The minimum atomic E-state index is -1.03. The number of carbonyl (C=O) groups excluding carboxylic acids is 3. The minimum Gasteiger partial charge on any atom is -0.320 e. The van der Waals surface area contributed by atoms with E-state index in [9.17, 15) is 14.4 Å². The van der Waals surface area contributed by atoms with Gasteiger partial charge < -0.3 is 10.2 Å². The first-order chi connectivity index (χ1) is 14.0. The lowest BCUT2D eigenvalue weighted by atomic mass is 9.75. The number of fused-ring (bicyclic) bond motifs is 7. The summed E-state index contributed by atoms with van der Waals surface area (Å²) in [5.74, 6) is -1.80. The number of nitrogens with zero attached hydrogens (tertiary/aromatic N) is 1. The molecule has 1 spiro atoms. The second-order valence-corrected chi connectivity index (χ2v) is 8.76. The number of amides is 3. The topological polar surface area (TPSA) is 70.9 Å². The maximum absolute atomic E-state index is 13.7. The Kier molecular flexibility index (Phi) is 3.36. The van der Waals surface area contributed by atoms with E-state index < -0.39 is 17.4 Å². The Bertz CT molecular complexity index is 1080. The molecule has 0 bridgehead atoms. The van der Waals surface area contributed by atoms with Crippen LogP contribution in [0.1, 0.15) is 18.4 Å². The first kappa shape index (κ1) is 17.2. The summed E-state index contributed by atoms with van der Waals surface area (Å²) in [7, 11) is 0. The number of anilines is 2. The molecule has 3 amide bonds. The van der Waals surface area contributed by atoms with Crippen LogP contribution in [0.2, 0.25) is 5.02 Å². The molecule has 0 radical (unpaired) electrons. The second kappa shape index (κ2) is 5.68. The van der Waals surface area contributed by atoms with E-state index in [-0.39, 0.29) is 23.8 Å². The number of rotatable bonds is 1. The van der Waals surface area contributed by atoms with Crippen LogP contribution in [0.15, 0.2) is 48.5 Å². The molecule has 2 N–H and O–H groups in total. The fraction of sp³-hybridized carbons (Fsp3) is 0.318. The molecule has 146 valence electrons. The number of nitrogens with one attached hydrogen (secondary N) is 2. The zero-order valence-corrected chi connectivity index (χ0v) is 16.3. The molecular weight excluding hydrogens is 390 g/mol. The van der Waals surface area contributed by atoms with E-state index in [4.69, 9.17) is 11.6 Å². The van der Waals surface area contributed by atoms with Gasteiger partial charge in [-0.3, -0.25) is 14.4 Å². The second-order valence-electron chi connectivity index (χ2n) is 8.32. The maximum atomic E-state index is 13.7. The number of para-hydroxylation sites is 1. The van der Waals surface area contributed by atoms with Crippen LogP contribution in [0.4, 0.5) is 11.4 Å². The monoisotopic (exact) mass is 408 g/mol. The molecule has 29 heavy (non-hydrogen) atoms. The number of hydrogen-bond acceptors (Lipinski definition) is 3. The number of carbonyl (C=O) groups is 3. The number of hydrogen-bond donors (Lipinski definition) is 2. The van der Waals surface area contributed by atoms with Crippen molar-refractivity contribution in [2.45, 2.75) is 24.4 Å². The molecular formula is C22H19ClN3O3+. The van der Waals surface area contributed by atoms with Gasteiger partial charge in [0.25, 0.3) is 5.91 Å². The smallest absolute Gasteiger partial charge is 0.291 e. The number of quaternary nitrogens is 1. The molecule has 6 nitrogen and oxygen atoms in total. The molecule has 6 rings (SSSR count). The molecule has 5 atom stereocenters. The van der Waals surface area contributed by atoms with Crippen LogP contribution in [-0.2, 0) is 19.9 Å². The molecule has 0 saturated carbocycles. The average molecular weight is 409 g/mol. The predicted octanol–water partition coefficient (Wildman–Crippen LogP) is 1.35. The predicted molar refractivity (Wildman–Crippen MR) is 107 cm³/mol. The fourth-order valence-corrected chi connectivity index (χ4v) is 6.39. The maximum Gasteiger partial charge on any atom is 0.291 e. The van der Waals surface area contributed by atoms with E-state index in [1.807, 2.05) is 24.3 Å². The molecule has 4 aliphatic rings. The van der Waals surface area contributed by atoms with Gasteiger partial charge in [0, 0.05) is 23.4 Å². The average Bonchev–Trinajstić information content (AvgIpc) is 3.41. The van der Waals surface area contributed by atoms with Gasteiger partial charge in [0.05, 0.1) is 17.9 Å². The molecule has 4 aliphatic heterocycles. The summed E-state index contributed by atoms with van der Waals surface area (Å²) in [6, 6.07) is 14.3. The van der Waals surface area contributed by atoms with Crippen molar-refractivity contribution >= 4 is 40.7 Å². The lowest BCUT2D eigenvalue weighted by Crippen LogP contribution is -3.19. The van der Waals surface area contributed by atoms with Crippen LogP contribution in [-0.4, -0.2) is 30.3 Å². The molecule has 2 aromatic rings. The van der Waals surface area contributed by atoms with E-state index in [0.717, 1.165) is 35.5 Å². The summed E-state index contributed by atoms with van der Waals surface area (Å²) in [6.07, 6.45) is 1.80. The Hall–Kier alpha value is -2.70. The third-order valence-corrected chi connectivity index (χ3v) is 7.46. The van der Waals surface area contributed by atoms with Crippen LogP contribution >= 0.6 is 11.6 Å². The highest BCUT2D eigenvalue weighted by Gasteiger charge is 2.78. The van der Waals surface area contributed by atoms with Crippen molar-refractivity contribution in [2.24, 2.45) is 11.8 Å². The zero-order valence-electron chi connectivity index (χ0n) is 15.5. The molecule has 0 aliphatic carbocycles. The van der Waals surface area contributed by atoms with Gasteiger partial charge in [0.1, 0.15) is 17.9 Å². The van der Waals surface area contributed by atoms with Gasteiger partial charge in [-0.1, -0.05) is 29.8 Å². The SMILES string of the molecule is O=C1[C@@H]2[C@H]3CCC[NH+]3[C@]3(C(=O)Nc4ccccc43)[C@@H]2C(=O)N1c1ccc(Cl)cc1. The lowest BCUT2D eigenvalue weighted by Gasteiger charge is -2.33. The number of benzene rings is 2. The van der Waals surface area contributed by atoms with Crippen LogP contribution in [0.3, 0.4) is 0 Å². The molecule has 4 heterocycles. The summed E-state index contributed by atoms with van der Waals surface area (Å²) >= 11 is 5.99. The number of imide groups is 1. The van der Waals surface area contributed by atoms with E-state index in [0.29, 0.717) is 10.7 Å². The third-order valence-electron chi connectivity index (χ3n) is 7.21. The third kappa shape index (κ3) is 1.93. The molecule has 3 fully saturated rings. The number of halogens is 1. The van der Waals surface area contributed by atoms with Gasteiger partial charge in [0.2, 0.25) is 17.4 Å². The quantitative estimate of drug-likeness (QED) is 0.700. The van der Waals surface area contributed by atoms with Gasteiger partial charge >= 0.3 is 0 Å². The van der Waals surface area contributed by atoms with E-state index in [1.54, 1.807) is 24.3 Å². The largest absolute Gasteiger partial charge is 0.320 e. The van der Waals surface area contributed by atoms with Crippen LogP contribution < -0.4 is 15.1 Å². The minimum absolute atomic E-state index is 0.0225. The van der Waals surface area contributed by atoms with Crippen LogP contribution in [0.25, 0.3) is 0 Å². The van der Waals surface area contributed by atoms with Crippen molar-refractivity contribution in [2.75, 3.05) is 16.8 Å². The van der Waals surface area contributed by atoms with Gasteiger partial charge in [-0.2, -0.15) is 0 Å². The van der Waals surface area contributed by atoms with Crippen molar-refractivity contribution in [1.82, 2.24) is 0 Å². The summed E-state index contributed by atoms with van der Waals surface area (Å²) in [6.45, 7) is 0.793. The lowest BCUT2D eigenvalue weighted by molar-refractivity contribution is -0.948. The normalized spacial score (nSPS) is 34.5. The van der Waals surface area contributed by atoms with Crippen molar-refractivity contribution < 1.29 is 19.3 Å². The summed E-state index contributed by atoms with van der Waals surface area (Å²) in [5, 5.41) is 3.54. The molecule has 3 saturated heterocycles. The standard InChI is InChI=1S/C22H18ClN3O3/c23-12-7-9-13(10-8-12)26-19(27)17-16-6-3-11-25(16)22(18(17)20(26)28)14-4-1-2-5-15(14)24-21(22)29/h1-2,4-5,7-10,16-18H,3,6,11H2,(H,24,29)/p+1/t16-,17-,18+,22+/m1/s1. The van der Waals surface area contributed by atoms with Crippen molar-refractivity contribution in [3.8, 4) is 0 Å². The van der Waals surface area contributed by atoms with Gasteiger partial charge in [0.15, 0.2) is 0 Å². The van der Waals surface area contributed by atoms with Crippen molar-refractivity contribution in [3.05, 3.63) is 59.1 Å². The zero-order chi connectivity index (χ0) is 19.9. The van der Waals surface area contributed by atoms with Crippen molar-refractivity contribution in [1.29, 1.82) is 0 Å². The summed E-state index contributed by atoms with van der Waals surface area (Å²) in [4.78, 5) is 43.0. The molecule has 2 aromatic carbocycles. The highest BCUT2D eigenvalue weighted by molar-refractivity contribution is 6.31. The van der Waals surface area contributed by atoms with Crippen LogP contribution in [0, 0.1) is 11.8 Å². The molecule has 7 heteroatoms. The highest BCUT2D eigenvalue weighted by Crippen LogP contribution is 2.52. The first-order valence-corrected chi connectivity index (χ1v) is 10.3.